The van der Waals surface area contributed by atoms with E-state index in [0.717, 1.165) is 12.8 Å². The molecule has 0 radical (unpaired) electrons. The second kappa shape index (κ2) is 10.9. The van der Waals surface area contributed by atoms with Crippen molar-refractivity contribution in [2.24, 2.45) is 0 Å². The lowest BCUT2D eigenvalue weighted by atomic mass is 9.72. The van der Waals surface area contributed by atoms with Crippen LogP contribution >= 0.6 is 0 Å². The number of nitrogens with two attached hydrogens (primary N) is 1. The molecule has 0 aliphatic carbocycles. The summed E-state index contributed by atoms with van der Waals surface area (Å²) in [6.45, 7) is 4.58. The number of carbonyl (C=O) groups excluding carboxylic acids is 1. The van der Waals surface area contributed by atoms with Gasteiger partial charge in [0.25, 0.3) is 0 Å². The summed E-state index contributed by atoms with van der Waals surface area (Å²) in [5, 5.41) is 0.715. The molecule has 1 aromatic heterocycles. The third-order valence-electron chi connectivity index (χ3n) is 7.76. The van der Waals surface area contributed by atoms with Gasteiger partial charge in [0, 0.05) is 56.6 Å². The summed E-state index contributed by atoms with van der Waals surface area (Å²) in [6, 6.07) is 14.3. The quantitative estimate of drug-likeness (QED) is 0.528. The van der Waals surface area contributed by atoms with Gasteiger partial charge in [-0.15, -0.1) is 0 Å². The molecule has 2 N–H and O–H groups in total. The smallest absolute Gasteiger partial charge is 0.320 e. The Hall–Kier alpha value is -3.79. The maximum atomic E-state index is 13.1. The Morgan fingerprint density at radius 3 is 2.29 bits per heavy atom. The molecule has 0 spiro atoms. The summed E-state index contributed by atoms with van der Waals surface area (Å²) < 4.78 is 16.3. The molecule has 2 aromatic carbocycles. The van der Waals surface area contributed by atoms with Gasteiger partial charge >= 0.3 is 6.03 Å². The molecule has 10 heteroatoms. The van der Waals surface area contributed by atoms with Crippen LogP contribution in [0.3, 0.4) is 0 Å². The van der Waals surface area contributed by atoms with Crippen LogP contribution in [-0.4, -0.2) is 93.0 Å². The summed E-state index contributed by atoms with van der Waals surface area (Å²) in [5.74, 6) is 2.10. The lowest BCUT2D eigenvalue weighted by Gasteiger charge is -2.45. The van der Waals surface area contributed by atoms with Gasteiger partial charge in [-0.25, -0.2) is 9.78 Å². The van der Waals surface area contributed by atoms with Gasteiger partial charge in [-0.3, -0.25) is 0 Å². The van der Waals surface area contributed by atoms with Crippen molar-refractivity contribution >= 4 is 28.7 Å². The van der Waals surface area contributed by atoms with E-state index in [0.29, 0.717) is 80.1 Å². The van der Waals surface area contributed by atoms with E-state index in [1.165, 1.54) is 5.56 Å². The standard InChI is InChI=1S/C28H36N6O4/c1-32(26-30-22-18-24(37-3)23(36-2)17-21(22)25(29)31-26)19-28(20-7-5-4-6-8-20)9-11-33(12-10-28)27(35)34-13-15-38-16-14-34/h4-8,17-18H,9-16,19H2,1-3H3,(H2,29,30,31). The Balaban J connectivity index is 1.40. The second-order valence-corrected chi connectivity index (χ2v) is 10.0. The largest absolute Gasteiger partial charge is 0.493 e. The molecule has 0 saturated carbocycles. The van der Waals surface area contributed by atoms with Crippen molar-refractivity contribution in [3.63, 3.8) is 0 Å². The first-order valence-electron chi connectivity index (χ1n) is 13.0. The lowest BCUT2D eigenvalue weighted by Crippen LogP contribution is -2.54. The van der Waals surface area contributed by atoms with Crippen molar-refractivity contribution in [2.75, 3.05) is 77.8 Å². The van der Waals surface area contributed by atoms with Crippen molar-refractivity contribution in [1.29, 1.82) is 0 Å². The van der Waals surface area contributed by atoms with Gasteiger partial charge < -0.3 is 34.6 Å². The number of hydrogen-bond donors (Lipinski definition) is 1. The summed E-state index contributed by atoms with van der Waals surface area (Å²) in [5.41, 5.74) is 8.16. The van der Waals surface area contributed by atoms with Crippen LogP contribution in [0.2, 0.25) is 0 Å². The van der Waals surface area contributed by atoms with E-state index in [2.05, 4.69) is 34.1 Å². The summed E-state index contributed by atoms with van der Waals surface area (Å²) >= 11 is 0. The molecule has 2 fully saturated rings. The van der Waals surface area contributed by atoms with Gasteiger partial charge in [0.15, 0.2) is 11.5 Å². The number of urea groups is 1. The van der Waals surface area contributed by atoms with Gasteiger partial charge in [0.05, 0.1) is 33.0 Å². The number of likely N-dealkylation sites (tertiary alicyclic amines) is 1. The zero-order valence-corrected chi connectivity index (χ0v) is 22.4. The minimum Gasteiger partial charge on any atom is -0.493 e. The highest BCUT2D eigenvalue weighted by Gasteiger charge is 2.39. The van der Waals surface area contributed by atoms with Crippen LogP contribution in [0.15, 0.2) is 42.5 Å². The van der Waals surface area contributed by atoms with Crippen LogP contribution in [-0.2, 0) is 10.2 Å². The maximum absolute atomic E-state index is 13.1. The molecule has 3 aromatic rings. The molecule has 0 bridgehead atoms. The Morgan fingerprint density at radius 1 is 1.00 bits per heavy atom. The van der Waals surface area contributed by atoms with E-state index >= 15 is 0 Å². The summed E-state index contributed by atoms with van der Waals surface area (Å²) in [7, 11) is 5.18. The maximum Gasteiger partial charge on any atom is 0.320 e. The zero-order valence-electron chi connectivity index (χ0n) is 22.4. The average molecular weight is 521 g/mol. The number of morpholine rings is 1. The molecule has 2 aliphatic heterocycles. The molecule has 38 heavy (non-hydrogen) atoms. The predicted molar refractivity (Wildman–Crippen MR) is 147 cm³/mol. The van der Waals surface area contributed by atoms with Crippen molar-refractivity contribution in [3.05, 3.63) is 48.0 Å². The number of aromatic nitrogens is 2. The van der Waals surface area contributed by atoms with Gasteiger partial charge in [0.1, 0.15) is 5.82 Å². The number of fused-ring (bicyclic) bond motifs is 1. The number of benzene rings is 2. The average Bonchev–Trinajstić information content (AvgIpc) is 2.97. The van der Waals surface area contributed by atoms with Crippen LogP contribution in [0.1, 0.15) is 18.4 Å². The number of nitrogen functional groups attached to an aromatic ring is 1. The number of piperidine rings is 1. The van der Waals surface area contributed by atoms with Crippen LogP contribution in [0.4, 0.5) is 16.6 Å². The molecule has 5 rings (SSSR count). The highest BCUT2D eigenvalue weighted by atomic mass is 16.5. The fraction of sp³-hybridized carbons (Fsp3) is 0.464. The van der Waals surface area contributed by atoms with Crippen LogP contribution < -0.4 is 20.1 Å². The molecule has 3 heterocycles. The number of nitrogens with zero attached hydrogens (tertiary/aromatic N) is 5. The molecule has 202 valence electrons. The lowest BCUT2D eigenvalue weighted by molar-refractivity contribution is 0.0390. The topological polar surface area (TPSA) is 106 Å². The van der Waals surface area contributed by atoms with Crippen LogP contribution in [0.25, 0.3) is 10.9 Å². The van der Waals surface area contributed by atoms with E-state index < -0.39 is 0 Å². The molecule has 2 saturated heterocycles. The fourth-order valence-corrected chi connectivity index (χ4v) is 5.57. The third kappa shape index (κ3) is 5.00. The molecular weight excluding hydrogens is 484 g/mol. The van der Waals surface area contributed by atoms with Crippen molar-refractivity contribution in [1.82, 2.24) is 19.8 Å². The molecular formula is C28H36N6O4. The van der Waals surface area contributed by atoms with Gasteiger partial charge in [-0.1, -0.05) is 30.3 Å². The number of methoxy groups -OCH3 is 2. The SMILES string of the molecule is COc1cc2nc(N(C)CC3(c4ccccc4)CCN(C(=O)N4CCOCC4)CC3)nc(N)c2cc1OC. The first kappa shape index (κ1) is 25.8. The number of ether oxygens (including phenoxy) is 3. The zero-order chi connectivity index (χ0) is 26.7. The molecule has 2 aliphatic rings. The molecule has 2 amide bonds. The number of rotatable bonds is 6. The Labute approximate surface area is 223 Å². The first-order chi connectivity index (χ1) is 18.4. The van der Waals surface area contributed by atoms with Crippen molar-refractivity contribution in [3.8, 4) is 11.5 Å². The Morgan fingerprint density at radius 2 is 1.63 bits per heavy atom. The third-order valence-corrected chi connectivity index (χ3v) is 7.76. The van der Waals surface area contributed by atoms with E-state index in [4.69, 9.17) is 24.9 Å². The molecule has 0 unspecified atom stereocenters. The summed E-state index contributed by atoms with van der Waals surface area (Å²) in [4.78, 5) is 28.6. The minimum atomic E-state index is -0.164. The first-order valence-corrected chi connectivity index (χ1v) is 13.0. The minimum absolute atomic E-state index is 0.110. The van der Waals surface area contributed by atoms with E-state index in [1.54, 1.807) is 20.3 Å². The van der Waals surface area contributed by atoms with Gasteiger partial charge in [0.2, 0.25) is 5.95 Å². The van der Waals surface area contributed by atoms with Gasteiger partial charge in [-0.05, 0) is 24.5 Å². The monoisotopic (exact) mass is 520 g/mol. The number of amides is 2. The highest BCUT2D eigenvalue weighted by Crippen LogP contribution is 2.38. The predicted octanol–water partition coefficient (Wildman–Crippen LogP) is 3.15. The number of anilines is 2. The number of likely N-dealkylation sites (N-methyl/N-ethyl adjacent to an activating group) is 1. The Kier molecular flexibility index (Phi) is 7.42. The van der Waals surface area contributed by atoms with E-state index in [9.17, 15) is 4.79 Å². The van der Waals surface area contributed by atoms with Crippen molar-refractivity contribution < 1.29 is 19.0 Å². The molecule has 10 nitrogen and oxygen atoms in total. The Bertz CT molecular complexity index is 1270. The highest BCUT2D eigenvalue weighted by molar-refractivity contribution is 5.91. The normalized spacial score (nSPS) is 17.3. The van der Waals surface area contributed by atoms with Gasteiger partial charge in [-0.2, -0.15) is 4.98 Å². The fourth-order valence-electron chi connectivity index (χ4n) is 5.57. The molecule has 0 atom stereocenters. The summed E-state index contributed by atoms with van der Waals surface area (Å²) in [6.07, 6.45) is 1.68. The van der Waals surface area contributed by atoms with Crippen LogP contribution in [0, 0.1) is 0 Å². The number of carbonyl (C=O) groups is 1. The second-order valence-electron chi connectivity index (χ2n) is 10.0. The van der Waals surface area contributed by atoms with E-state index in [1.807, 2.05) is 29.0 Å². The van der Waals surface area contributed by atoms with Crippen LogP contribution in [0.5, 0.6) is 11.5 Å². The number of hydrogen-bond acceptors (Lipinski definition) is 8. The van der Waals surface area contributed by atoms with Crippen molar-refractivity contribution in [2.45, 2.75) is 18.3 Å². The van der Waals surface area contributed by atoms with E-state index in [-0.39, 0.29) is 11.4 Å².